The molecule has 3 aromatic carbocycles. The number of hydrogen-bond donors (Lipinski definition) is 2. The Morgan fingerprint density at radius 2 is 1.50 bits per heavy atom. The predicted molar refractivity (Wildman–Crippen MR) is 143 cm³/mol. The summed E-state index contributed by atoms with van der Waals surface area (Å²) in [6.07, 6.45) is 0.267. The van der Waals surface area contributed by atoms with Crippen molar-refractivity contribution in [1.29, 1.82) is 0 Å². The van der Waals surface area contributed by atoms with Crippen molar-refractivity contribution in [2.75, 3.05) is 0 Å². The summed E-state index contributed by atoms with van der Waals surface area (Å²) in [6, 6.07) is 26.3. The fourth-order valence-corrected chi connectivity index (χ4v) is 4.56. The minimum atomic E-state index is -0.547. The Balaban J connectivity index is 1.70. The average molecular weight is 483 g/mol. The number of carbonyl (C=O) groups is 2. The summed E-state index contributed by atoms with van der Waals surface area (Å²) < 4.78 is 0. The molecule has 3 N–H and O–H groups in total. The molecule has 0 radical (unpaired) electrons. The second-order valence-corrected chi connectivity index (χ2v) is 9.97. The van der Waals surface area contributed by atoms with Crippen LogP contribution in [0.2, 0.25) is 0 Å². The summed E-state index contributed by atoms with van der Waals surface area (Å²) in [7, 11) is 0. The third-order valence-corrected chi connectivity index (χ3v) is 7.12. The van der Waals surface area contributed by atoms with Crippen molar-refractivity contribution < 1.29 is 9.59 Å². The molecule has 3 aromatic rings. The topological polar surface area (TPSA) is 87.8 Å². The van der Waals surface area contributed by atoms with Gasteiger partial charge in [-0.2, -0.15) is 0 Å². The monoisotopic (exact) mass is 482 g/mol. The van der Waals surface area contributed by atoms with E-state index in [1.807, 2.05) is 107 Å². The molecule has 1 aliphatic heterocycles. The van der Waals surface area contributed by atoms with Crippen LogP contribution < -0.4 is 11.1 Å². The maximum atomic E-state index is 13.5. The number of aliphatic imine (C=N–C) groups is 1. The van der Waals surface area contributed by atoms with Crippen LogP contribution in [0, 0.1) is 5.92 Å². The number of nitrogens with two attached hydrogens (primary N) is 1. The molecule has 0 unspecified atom stereocenters. The van der Waals surface area contributed by atoms with Crippen LogP contribution in [0.4, 0.5) is 0 Å². The Labute approximate surface area is 213 Å². The van der Waals surface area contributed by atoms with E-state index in [1.54, 1.807) is 11.0 Å². The van der Waals surface area contributed by atoms with Crippen LogP contribution in [0.15, 0.2) is 89.9 Å². The van der Waals surface area contributed by atoms with Gasteiger partial charge in [0.2, 0.25) is 5.91 Å². The van der Waals surface area contributed by atoms with E-state index in [1.165, 1.54) is 0 Å². The number of rotatable bonds is 7. The van der Waals surface area contributed by atoms with E-state index in [0.717, 1.165) is 16.7 Å². The van der Waals surface area contributed by atoms with Crippen LogP contribution in [-0.2, 0) is 4.79 Å². The van der Waals surface area contributed by atoms with Crippen molar-refractivity contribution in [2.24, 2.45) is 16.6 Å². The number of amides is 2. The summed E-state index contributed by atoms with van der Waals surface area (Å²) in [4.78, 5) is 33.0. The molecule has 0 saturated heterocycles. The number of nitrogens with one attached hydrogen (secondary N) is 1. The van der Waals surface area contributed by atoms with Crippen molar-refractivity contribution >= 4 is 17.8 Å². The summed E-state index contributed by atoms with van der Waals surface area (Å²) in [6.45, 7) is 8.02. The Morgan fingerprint density at radius 1 is 0.917 bits per heavy atom. The average Bonchev–Trinajstić information content (AvgIpc) is 2.87. The van der Waals surface area contributed by atoms with E-state index >= 15 is 0 Å². The molecule has 36 heavy (non-hydrogen) atoms. The van der Waals surface area contributed by atoms with Gasteiger partial charge in [0.05, 0.1) is 24.0 Å². The fraction of sp³-hybridized carbons (Fsp3) is 0.300. The van der Waals surface area contributed by atoms with Crippen LogP contribution in [0.1, 0.15) is 73.2 Å². The first-order chi connectivity index (χ1) is 17.2. The van der Waals surface area contributed by atoms with Crippen molar-refractivity contribution in [3.05, 3.63) is 107 Å². The van der Waals surface area contributed by atoms with Gasteiger partial charge in [0.25, 0.3) is 5.91 Å². The molecule has 0 spiro atoms. The summed E-state index contributed by atoms with van der Waals surface area (Å²) in [5.41, 5.74) is 9.15. The van der Waals surface area contributed by atoms with Gasteiger partial charge in [-0.1, -0.05) is 86.6 Å². The highest BCUT2D eigenvalue weighted by atomic mass is 16.2. The van der Waals surface area contributed by atoms with Crippen molar-refractivity contribution in [3.8, 4) is 0 Å². The molecule has 186 valence electrons. The summed E-state index contributed by atoms with van der Waals surface area (Å²) >= 11 is 0. The zero-order valence-electron chi connectivity index (χ0n) is 21.3. The molecule has 1 heterocycles. The van der Waals surface area contributed by atoms with Crippen LogP contribution in [0.5, 0.6) is 0 Å². The van der Waals surface area contributed by atoms with Gasteiger partial charge in [-0.3, -0.25) is 14.5 Å². The van der Waals surface area contributed by atoms with E-state index in [4.69, 9.17) is 10.7 Å². The highest BCUT2D eigenvalue weighted by molar-refractivity contribution is 6.00. The summed E-state index contributed by atoms with van der Waals surface area (Å²) in [5, 5.41) is 3.07. The highest BCUT2D eigenvalue weighted by Crippen LogP contribution is 2.36. The van der Waals surface area contributed by atoms with Gasteiger partial charge < -0.3 is 11.1 Å². The Bertz CT molecular complexity index is 1260. The zero-order chi connectivity index (χ0) is 25.9. The number of nitrogens with zero attached hydrogens (tertiary/aromatic N) is 2. The second kappa shape index (κ2) is 10.4. The maximum absolute atomic E-state index is 13.5. The van der Waals surface area contributed by atoms with Gasteiger partial charge in [0.1, 0.15) is 0 Å². The van der Waals surface area contributed by atoms with Crippen LogP contribution in [0.3, 0.4) is 0 Å². The standard InChI is InChI=1S/C30H34N4O2/c1-20(2)30(4)19-26(35)34(29(31)33-30)27(23-14-9-6-10-15-23)24-16-11-17-25(18-24)28(36)32-21(3)22-12-7-5-8-13-22/h5-18,20-21,27H,19H2,1-4H3,(H2,31,33)(H,32,36)/t21-,27+,30-/m0/s1. The predicted octanol–water partition coefficient (Wildman–Crippen LogP) is 5.23. The minimum absolute atomic E-state index is 0.0832. The van der Waals surface area contributed by atoms with Gasteiger partial charge in [-0.15, -0.1) is 0 Å². The molecular formula is C30H34N4O2. The van der Waals surface area contributed by atoms with Crippen molar-refractivity contribution in [3.63, 3.8) is 0 Å². The van der Waals surface area contributed by atoms with Crippen LogP contribution >= 0.6 is 0 Å². The first-order valence-corrected chi connectivity index (χ1v) is 12.4. The largest absolute Gasteiger partial charge is 0.369 e. The molecule has 0 fully saturated rings. The lowest BCUT2D eigenvalue weighted by molar-refractivity contribution is -0.131. The van der Waals surface area contributed by atoms with E-state index in [9.17, 15) is 9.59 Å². The van der Waals surface area contributed by atoms with Gasteiger partial charge in [0.15, 0.2) is 5.96 Å². The molecule has 6 heteroatoms. The molecule has 4 rings (SSSR count). The molecule has 1 aliphatic rings. The minimum Gasteiger partial charge on any atom is -0.369 e. The SMILES string of the molecule is CC(C)[C@]1(C)CC(=O)N([C@H](c2ccccc2)c2cccc(C(=O)N[C@@H](C)c3ccccc3)c2)C(N)=N1. The lowest BCUT2D eigenvalue weighted by Crippen LogP contribution is -2.53. The normalized spacial score (nSPS) is 19.5. The van der Waals surface area contributed by atoms with Crippen molar-refractivity contribution in [2.45, 2.75) is 51.7 Å². The molecule has 0 aromatic heterocycles. The first-order valence-electron chi connectivity index (χ1n) is 12.4. The maximum Gasteiger partial charge on any atom is 0.251 e. The highest BCUT2D eigenvalue weighted by Gasteiger charge is 2.41. The molecule has 0 saturated carbocycles. The quantitative estimate of drug-likeness (QED) is 0.483. The Morgan fingerprint density at radius 3 is 2.08 bits per heavy atom. The van der Waals surface area contributed by atoms with E-state index < -0.39 is 11.6 Å². The first kappa shape index (κ1) is 25.2. The van der Waals surface area contributed by atoms with E-state index in [2.05, 4.69) is 5.32 Å². The molecular weight excluding hydrogens is 448 g/mol. The zero-order valence-corrected chi connectivity index (χ0v) is 21.3. The van der Waals surface area contributed by atoms with Gasteiger partial charge in [-0.05, 0) is 48.6 Å². The van der Waals surface area contributed by atoms with Crippen molar-refractivity contribution in [1.82, 2.24) is 10.2 Å². The lowest BCUT2D eigenvalue weighted by Gasteiger charge is -2.41. The number of guanidine groups is 1. The Hall–Kier alpha value is -3.93. The lowest BCUT2D eigenvalue weighted by atomic mass is 9.83. The molecule has 0 bridgehead atoms. The van der Waals surface area contributed by atoms with Gasteiger partial charge in [0, 0.05) is 5.56 Å². The van der Waals surface area contributed by atoms with Gasteiger partial charge >= 0.3 is 0 Å². The third kappa shape index (κ3) is 5.18. The smallest absolute Gasteiger partial charge is 0.251 e. The Kier molecular flexibility index (Phi) is 7.25. The molecule has 3 atom stereocenters. The van der Waals surface area contributed by atoms with E-state index in [0.29, 0.717) is 5.56 Å². The van der Waals surface area contributed by atoms with Crippen LogP contribution in [-0.4, -0.2) is 28.2 Å². The third-order valence-electron chi connectivity index (χ3n) is 7.12. The molecule has 0 aliphatic carbocycles. The fourth-order valence-electron chi connectivity index (χ4n) is 4.56. The number of carbonyl (C=O) groups excluding carboxylic acids is 2. The second-order valence-electron chi connectivity index (χ2n) is 9.97. The number of hydrogen-bond acceptors (Lipinski definition) is 4. The molecule has 6 nitrogen and oxygen atoms in total. The van der Waals surface area contributed by atoms with Gasteiger partial charge in [-0.25, -0.2) is 4.99 Å². The summed E-state index contributed by atoms with van der Waals surface area (Å²) in [5.74, 6) is 0.0962. The van der Waals surface area contributed by atoms with Crippen LogP contribution in [0.25, 0.3) is 0 Å². The van der Waals surface area contributed by atoms with E-state index in [-0.39, 0.29) is 36.2 Å². The number of benzene rings is 3. The molecule has 2 amide bonds.